The highest BCUT2D eigenvalue weighted by Crippen LogP contribution is 2.38. The second-order valence-corrected chi connectivity index (χ2v) is 13.9. The van der Waals surface area contributed by atoms with Gasteiger partial charge in [-0.15, -0.1) is 0 Å². The summed E-state index contributed by atoms with van der Waals surface area (Å²) in [4.78, 5) is 29.6. The predicted octanol–water partition coefficient (Wildman–Crippen LogP) is 12.5. The van der Waals surface area contributed by atoms with Crippen LogP contribution in [0.1, 0.15) is 0 Å². The number of hydrogen-bond acceptors (Lipinski definition) is 6. The van der Waals surface area contributed by atoms with Crippen molar-refractivity contribution in [1.82, 2.24) is 29.9 Å². The molecule has 0 unspecified atom stereocenters. The molecule has 2 aromatic heterocycles. The van der Waals surface area contributed by atoms with Crippen molar-refractivity contribution in [2.45, 2.75) is 0 Å². The summed E-state index contributed by atoms with van der Waals surface area (Å²) < 4.78 is 0. The molecule has 6 nitrogen and oxygen atoms in total. The SMILES string of the molecule is c1ccc(-c2nc(-c3ccccc3)nc(-c3ccc(-c4ccc(-c5cccc(-c6nc(-c7ccccc7)nc(-c7ccccc7)n6)c5)c5ccccc45)cc3)n2)cc1. The Kier molecular flexibility index (Phi) is 9.10. The third-order valence-electron chi connectivity index (χ3n) is 10.2. The highest BCUT2D eigenvalue weighted by atomic mass is 15.0. The molecule has 0 spiro atoms. The standard InChI is InChI=1S/C52H34N6/c1-5-16-36(17-6-1)47-53-48(37-18-7-2-8-19-37)56-51(55-47)40-30-28-35(29-31-40)43-32-33-44(46-27-14-13-26-45(43)46)41-24-15-25-42(34-41)52-57-49(38-20-9-3-10-21-38)54-50(58-52)39-22-11-4-12-23-39/h1-34H. The van der Waals surface area contributed by atoms with E-state index in [1.807, 2.05) is 121 Å². The van der Waals surface area contributed by atoms with Crippen LogP contribution in [0.15, 0.2) is 206 Å². The lowest BCUT2D eigenvalue weighted by Gasteiger charge is -2.14. The quantitative estimate of drug-likeness (QED) is 0.154. The van der Waals surface area contributed by atoms with Gasteiger partial charge in [0.1, 0.15) is 0 Å². The molecule has 0 saturated heterocycles. The van der Waals surface area contributed by atoms with Crippen LogP contribution in [-0.4, -0.2) is 29.9 Å². The van der Waals surface area contributed by atoms with Crippen molar-refractivity contribution in [3.8, 4) is 90.6 Å². The molecule has 0 aliphatic heterocycles. The number of aromatic nitrogens is 6. The zero-order valence-corrected chi connectivity index (χ0v) is 31.3. The van der Waals surface area contributed by atoms with Crippen LogP contribution >= 0.6 is 0 Å². The van der Waals surface area contributed by atoms with Gasteiger partial charge in [-0.05, 0) is 39.1 Å². The van der Waals surface area contributed by atoms with Gasteiger partial charge < -0.3 is 0 Å². The fraction of sp³-hybridized carbons (Fsp3) is 0. The molecule has 0 amide bonds. The minimum atomic E-state index is 0.625. The molecule has 10 rings (SSSR count). The van der Waals surface area contributed by atoms with E-state index in [4.69, 9.17) is 29.9 Å². The molecular weight excluding hydrogens is 709 g/mol. The van der Waals surface area contributed by atoms with Crippen molar-refractivity contribution in [2.75, 3.05) is 0 Å². The maximum Gasteiger partial charge on any atom is 0.164 e. The summed E-state index contributed by atoms with van der Waals surface area (Å²) in [6.45, 7) is 0. The lowest BCUT2D eigenvalue weighted by Crippen LogP contribution is -2.00. The van der Waals surface area contributed by atoms with Gasteiger partial charge in [-0.2, -0.15) is 0 Å². The fourth-order valence-electron chi connectivity index (χ4n) is 7.30. The number of benzene rings is 8. The van der Waals surface area contributed by atoms with E-state index in [0.29, 0.717) is 34.9 Å². The molecule has 0 N–H and O–H groups in total. The number of rotatable bonds is 8. The smallest absolute Gasteiger partial charge is 0.164 e. The summed E-state index contributed by atoms with van der Waals surface area (Å²) in [6.07, 6.45) is 0. The van der Waals surface area contributed by atoms with Crippen molar-refractivity contribution < 1.29 is 0 Å². The maximum atomic E-state index is 4.98. The average Bonchev–Trinajstić information content (AvgIpc) is 3.32. The van der Waals surface area contributed by atoms with Crippen molar-refractivity contribution in [1.29, 1.82) is 0 Å². The molecule has 58 heavy (non-hydrogen) atoms. The Labute approximate surface area is 336 Å². The fourth-order valence-corrected chi connectivity index (χ4v) is 7.30. The highest BCUT2D eigenvalue weighted by Gasteiger charge is 2.16. The zero-order valence-electron chi connectivity index (χ0n) is 31.3. The topological polar surface area (TPSA) is 77.3 Å². The molecule has 10 aromatic rings. The molecule has 0 bridgehead atoms. The van der Waals surface area contributed by atoms with E-state index in [0.717, 1.165) is 66.4 Å². The molecule has 0 atom stereocenters. The number of nitrogens with zero attached hydrogens (tertiary/aromatic N) is 6. The van der Waals surface area contributed by atoms with Gasteiger partial charge in [0.25, 0.3) is 0 Å². The second-order valence-electron chi connectivity index (χ2n) is 13.9. The lowest BCUT2D eigenvalue weighted by molar-refractivity contribution is 1.07. The Hall–Kier alpha value is -7.96. The average molecular weight is 743 g/mol. The van der Waals surface area contributed by atoms with Crippen LogP contribution in [0.4, 0.5) is 0 Å². The minimum absolute atomic E-state index is 0.625. The first-order valence-electron chi connectivity index (χ1n) is 19.2. The van der Waals surface area contributed by atoms with E-state index in [1.54, 1.807) is 0 Å². The van der Waals surface area contributed by atoms with Crippen molar-refractivity contribution >= 4 is 10.8 Å². The van der Waals surface area contributed by atoms with E-state index in [1.165, 1.54) is 0 Å². The molecule has 0 saturated carbocycles. The lowest BCUT2D eigenvalue weighted by atomic mass is 9.91. The molecule has 0 aliphatic rings. The van der Waals surface area contributed by atoms with Crippen LogP contribution in [0, 0.1) is 0 Å². The van der Waals surface area contributed by atoms with E-state index >= 15 is 0 Å². The first-order valence-corrected chi connectivity index (χ1v) is 19.2. The number of hydrogen-bond donors (Lipinski definition) is 0. The Bertz CT molecular complexity index is 2910. The van der Waals surface area contributed by atoms with E-state index < -0.39 is 0 Å². The first-order chi connectivity index (χ1) is 28.7. The van der Waals surface area contributed by atoms with Gasteiger partial charge in [0, 0.05) is 33.4 Å². The minimum Gasteiger partial charge on any atom is -0.208 e. The highest BCUT2D eigenvalue weighted by molar-refractivity contribution is 6.05. The molecule has 2 heterocycles. The third-order valence-corrected chi connectivity index (χ3v) is 10.2. The van der Waals surface area contributed by atoms with Crippen molar-refractivity contribution in [2.24, 2.45) is 0 Å². The zero-order chi connectivity index (χ0) is 38.7. The van der Waals surface area contributed by atoms with Crippen LogP contribution in [0.3, 0.4) is 0 Å². The van der Waals surface area contributed by atoms with Crippen LogP contribution in [0.2, 0.25) is 0 Å². The van der Waals surface area contributed by atoms with Gasteiger partial charge in [0.05, 0.1) is 0 Å². The molecule has 0 radical (unpaired) electrons. The van der Waals surface area contributed by atoms with Gasteiger partial charge in [-0.3, -0.25) is 0 Å². The summed E-state index contributed by atoms with van der Waals surface area (Å²) >= 11 is 0. The van der Waals surface area contributed by atoms with Crippen molar-refractivity contribution in [3.05, 3.63) is 206 Å². The molecule has 6 heteroatoms. The maximum absolute atomic E-state index is 4.98. The summed E-state index contributed by atoms with van der Waals surface area (Å²) in [5.74, 6) is 3.81. The van der Waals surface area contributed by atoms with Crippen LogP contribution in [0.25, 0.3) is 101 Å². The third kappa shape index (κ3) is 6.91. The van der Waals surface area contributed by atoms with Crippen LogP contribution < -0.4 is 0 Å². The summed E-state index contributed by atoms with van der Waals surface area (Å²) in [5.41, 5.74) is 10.1. The molecule has 272 valence electrons. The number of fused-ring (bicyclic) bond motifs is 1. The van der Waals surface area contributed by atoms with E-state index in [2.05, 4.69) is 84.9 Å². The molecule has 0 fully saturated rings. The van der Waals surface area contributed by atoms with Crippen LogP contribution in [-0.2, 0) is 0 Å². The summed E-state index contributed by atoms with van der Waals surface area (Å²) in [5, 5.41) is 2.32. The first kappa shape index (κ1) is 34.5. The Morgan fingerprint density at radius 2 is 0.466 bits per heavy atom. The Balaban J connectivity index is 1.02. The van der Waals surface area contributed by atoms with Gasteiger partial charge in [-0.1, -0.05) is 200 Å². The normalized spacial score (nSPS) is 11.1. The predicted molar refractivity (Wildman–Crippen MR) is 234 cm³/mol. The van der Waals surface area contributed by atoms with E-state index in [-0.39, 0.29) is 0 Å². The Morgan fingerprint density at radius 1 is 0.190 bits per heavy atom. The van der Waals surface area contributed by atoms with Crippen LogP contribution in [0.5, 0.6) is 0 Å². The molecule has 8 aromatic carbocycles. The largest absolute Gasteiger partial charge is 0.208 e. The monoisotopic (exact) mass is 742 g/mol. The summed E-state index contributed by atoms with van der Waals surface area (Å²) in [6, 6.07) is 70.2. The van der Waals surface area contributed by atoms with Gasteiger partial charge in [0.2, 0.25) is 0 Å². The van der Waals surface area contributed by atoms with Gasteiger partial charge >= 0.3 is 0 Å². The summed E-state index contributed by atoms with van der Waals surface area (Å²) in [7, 11) is 0. The van der Waals surface area contributed by atoms with Gasteiger partial charge in [-0.25, -0.2) is 29.9 Å². The van der Waals surface area contributed by atoms with E-state index in [9.17, 15) is 0 Å². The van der Waals surface area contributed by atoms with Crippen molar-refractivity contribution in [3.63, 3.8) is 0 Å². The second kappa shape index (κ2) is 15.3. The Morgan fingerprint density at radius 3 is 0.862 bits per heavy atom. The molecule has 0 aliphatic carbocycles. The molecular formula is C52H34N6. The van der Waals surface area contributed by atoms with Gasteiger partial charge in [0.15, 0.2) is 34.9 Å².